The number of rotatable bonds is 1. The van der Waals surface area contributed by atoms with Gasteiger partial charge in [-0.25, -0.2) is 9.59 Å². The van der Waals surface area contributed by atoms with Crippen LogP contribution < -0.4 is 0 Å². The van der Waals surface area contributed by atoms with E-state index in [-0.39, 0.29) is 0 Å². The van der Waals surface area contributed by atoms with Crippen molar-refractivity contribution in [3.05, 3.63) is 12.7 Å². The van der Waals surface area contributed by atoms with E-state index in [1.807, 2.05) is 0 Å². The van der Waals surface area contributed by atoms with Crippen molar-refractivity contribution >= 4 is 11.9 Å². The van der Waals surface area contributed by atoms with Gasteiger partial charge in [-0.05, 0) is 19.9 Å². The average molecular weight is 170 g/mol. The number of carbonyl (C=O) groups is 2. The van der Waals surface area contributed by atoms with Crippen LogP contribution >= 0.6 is 0 Å². The molecule has 0 amide bonds. The summed E-state index contributed by atoms with van der Waals surface area (Å²) in [7, 11) is 0. The summed E-state index contributed by atoms with van der Waals surface area (Å²) in [6, 6.07) is 0. The van der Waals surface area contributed by atoms with Crippen LogP contribution in [0.1, 0.15) is 13.8 Å². The van der Waals surface area contributed by atoms with Gasteiger partial charge in [-0.1, -0.05) is 6.58 Å². The lowest BCUT2D eigenvalue weighted by Crippen LogP contribution is -2.49. The first-order chi connectivity index (χ1) is 5.49. The molecule has 0 radical (unpaired) electrons. The average Bonchev–Trinajstić information content (AvgIpc) is 2.01. The van der Waals surface area contributed by atoms with Crippen molar-refractivity contribution < 1.29 is 19.1 Å². The molecule has 1 rings (SSSR count). The van der Waals surface area contributed by atoms with Gasteiger partial charge in [0.25, 0.3) is 0 Å². The zero-order valence-corrected chi connectivity index (χ0v) is 6.99. The van der Waals surface area contributed by atoms with E-state index in [9.17, 15) is 9.59 Å². The Bertz CT molecular complexity index is 245. The molecule has 1 aliphatic rings. The number of hydrogen-bond donors (Lipinski definition) is 0. The van der Waals surface area contributed by atoms with Crippen molar-refractivity contribution in [1.82, 2.24) is 0 Å². The van der Waals surface area contributed by atoms with E-state index >= 15 is 0 Å². The molecule has 1 heterocycles. The Labute approximate surface area is 70.1 Å². The third kappa shape index (κ3) is 1.20. The summed E-state index contributed by atoms with van der Waals surface area (Å²) in [5, 5.41) is 0. The van der Waals surface area contributed by atoms with Crippen LogP contribution in [0.4, 0.5) is 0 Å². The maximum Gasteiger partial charge on any atom is 0.355 e. The predicted molar refractivity (Wildman–Crippen MR) is 40.2 cm³/mol. The fraction of sp³-hybridized carbons (Fsp3) is 0.500. The third-order valence-electron chi connectivity index (χ3n) is 1.72. The second-order valence-corrected chi connectivity index (χ2v) is 2.78. The van der Waals surface area contributed by atoms with Gasteiger partial charge in [0.15, 0.2) is 6.10 Å². The molecule has 0 spiro atoms. The smallest absolute Gasteiger partial charge is 0.355 e. The van der Waals surface area contributed by atoms with Gasteiger partial charge in [0.05, 0.1) is 0 Å². The maximum atomic E-state index is 11.1. The first-order valence-corrected chi connectivity index (χ1v) is 3.57. The maximum absolute atomic E-state index is 11.1. The lowest BCUT2D eigenvalue weighted by atomic mass is 10.1. The largest absolute Gasteiger partial charge is 0.447 e. The molecule has 1 fully saturated rings. The van der Waals surface area contributed by atoms with Gasteiger partial charge >= 0.3 is 11.9 Å². The summed E-state index contributed by atoms with van der Waals surface area (Å²) in [5.41, 5.74) is -1.32. The molecule has 12 heavy (non-hydrogen) atoms. The fourth-order valence-corrected chi connectivity index (χ4v) is 0.784. The van der Waals surface area contributed by atoms with Gasteiger partial charge in [-0.15, -0.1) is 0 Å². The van der Waals surface area contributed by atoms with Crippen LogP contribution in [0.5, 0.6) is 0 Å². The molecule has 2 unspecified atom stereocenters. The molecule has 0 saturated carbocycles. The van der Waals surface area contributed by atoms with E-state index in [0.717, 1.165) is 0 Å². The standard InChI is InChI=1S/C8H10O4/c1-4-8(3)7(10)11-5(2)6(9)12-8/h4-5H,1H2,2-3H3. The Kier molecular flexibility index (Phi) is 1.92. The summed E-state index contributed by atoms with van der Waals surface area (Å²) in [6.45, 7) is 6.29. The molecular formula is C8H10O4. The zero-order chi connectivity index (χ0) is 9.35. The Balaban J connectivity index is 2.88. The highest BCUT2D eigenvalue weighted by Crippen LogP contribution is 2.21. The highest BCUT2D eigenvalue weighted by Gasteiger charge is 2.43. The molecule has 0 N–H and O–H groups in total. The van der Waals surface area contributed by atoms with Crippen molar-refractivity contribution in [3.63, 3.8) is 0 Å². The van der Waals surface area contributed by atoms with Crippen LogP contribution in [0.2, 0.25) is 0 Å². The van der Waals surface area contributed by atoms with E-state index in [1.165, 1.54) is 19.9 Å². The Morgan fingerprint density at radius 3 is 2.67 bits per heavy atom. The molecule has 1 aliphatic heterocycles. The summed E-state index contributed by atoms with van der Waals surface area (Å²) in [4.78, 5) is 22.1. The highest BCUT2D eigenvalue weighted by molar-refractivity contribution is 5.91. The molecule has 2 atom stereocenters. The molecule has 0 aromatic heterocycles. The molecule has 0 bridgehead atoms. The minimum absolute atomic E-state index is 0.544. The Morgan fingerprint density at radius 2 is 2.17 bits per heavy atom. The normalized spacial score (nSPS) is 35.3. The number of cyclic esters (lactones) is 2. The Morgan fingerprint density at radius 1 is 1.58 bits per heavy atom. The predicted octanol–water partition coefficient (Wildman–Crippen LogP) is 0.420. The number of hydrogen-bond acceptors (Lipinski definition) is 4. The number of esters is 2. The van der Waals surface area contributed by atoms with Gasteiger partial charge in [-0.2, -0.15) is 0 Å². The zero-order valence-electron chi connectivity index (χ0n) is 6.99. The highest BCUT2D eigenvalue weighted by atomic mass is 16.7. The van der Waals surface area contributed by atoms with Crippen LogP contribution in [-0.4, -0.2) is 23.6 Å². The van der Waals surface area contributed by atoms with Crippen molar-refractivity contribution in [2.45, 2.75) is 25.6 Å². The molecule has 0 aromatic carbocycles. The van der Waals surface area contributed by atoms with Gasteiger partial charge < -0.3 is 9.47 Å². The molecular weight excluding hydrogens is 160 g/mol. The lowest BCUT2D eigenvalue weighted by molar-refractivity contribution is -0.201. The quantitative estimate of drug-likeness (QED) is 0.422. The number of carbonyl (C=O) groups excluding carboxylic acids is 2. The van der Waals surface area contributed by atoms with Crippen LogP contribution in [0, 0.1) is 0 Å². The minimum Gasteiger partial charge on any atom is -0.447 e. The fourth-order valence-electron chi connectivity index (χ4n) is 0.784. The van der Waals surface area contributed by atoms with E-state index in [2.05, 4.69) is 6.58 Å². The van der Waals surface area contributed by atoms with E-state index in [0.29, 0.717) is 0 Å². The van der Waals surface area contributed by atoms with Crippen molar-refractivity contribution in [3.8, 4) is 0 Å². The molecule has 4 nitrogen and oxygen atoms in total. The summed E-state index contributed by atoms with van der Waals surface area (Å²) < 4.78 is 9.54. The SMILES string of the molecule is C=CC1(C)OC(=O)C(C)OC1=O. The van der Waals surface area contributed by atoms with Crippen LogP contribution in [-0.2, 0) is 19.1 Å². The summed E-state index contributed by atoms with van der Waals surface area (Å²) >= 11 is 0. The number of ether oxygens (including phenoxy) is 2. The van der Waals surface area contributed by atoms with Crippen molar-refractivity contribution in [2.24, 2.45) is 0 Å². The monoisotopic (exact) mass is 170 g/mol. The van der Waals surface area contributed by atoms with Crippen LogP contribution in [0.15, 0.2) is 12.7 Å². The third-order valence-corrected chi connectivity index (χ3v) is 1.72. The van der Waals surface area contributed by atoms with Gasteiger partial charge in [0.2, 0.25) is 5.60 Å². The molecule has 66 valence electrons. The van der Waals surface area contributed by atoms with Gasteiger partial charge in [0, 0.05) is 0 Å². The summed E-state index contributed by atoms with van der Waals surface area (Å²) in [6.07, 6.45) is 0.435. The summed E-state index contributed by atoms with van der Waals surface area (Å²) in [5.74, 6) is -1.12. The molecule has 1 saturated heterocycles. The minimum atomic E-state index is -1.32. The van der Waals surface area contributed by atoms with Crippen molar-refractivity contribution in [2.75, 3.05) is 0 Å². The molecule has 4 heteroatoms. The second kappa shape index (κ2) is 2.62. The Hall–Kier alpha value is -1.32. The topological polar surface area (TPSA) is 52.6 Å². The first kappa shape index (κ1) is 8.77. The molecule has 0 aromatic rings. The van der Waals surface area contributed by atoms with Crippen LogP contribution in [0.3, 0.4) is 0 Å². The van der Waals surface area contributed by atoms with Gasteiger partial charge in [0.1, 0.15) is 0 Å². The lowest BCUT2D eigenvalue weighted by Gasteiger charge is -2.31. The van der Waals surface area contributed by atoms with Crippen molar-refractivity contribution in [1.29, 1.82) is 0 Å². The van der Waals surface area contributed by atoms with E-state index in [1.54, 1.807) is 0 Å². The van der Waals surface area contributed by atoms with Gasteiger partial charge in [-0.3, -0.25) is 0 Å². The van der Waals surface area contributed by atoms with E-state index in [4.69, 9.17) is 9.47 Å². The first-order valence-electron chi connectivity index (χ1n) is 3.57. The second-order valence-electron chi connectivity index (χ2n) is 2.78. The van der Waals surface area contributed by atoms with E-state index < -0.39 is 23.6 Å². The molecule has 0 aliphatic carbocycles. The van der Waals surface area contributed by atoms with Crippen LogP contribution in [0.25, 0.3) is 0 Å².